The number of hydrogen-bond donors (Lipinski definition) is 0. The van der Waals surface area contributed by atoms with E-state index in [-0.39, 0.29) is 11.0 Å². The van der Waals surface area contributed by atoms with Crippen molar-refractivity contribution in [2.75, 3.05) is 12.0 Å². The summed E-state index contributed by atoms with van der Waals surface area (Å²) in [4.78, 5) is 13.7. The maximum atomic E-state index is 11.7. The monoisotopic (exact) mass is 336 g/mol. The lowest BCUT2D eigenvalue weighted by Gasteiger charge is -2.29. The van der Waals surface area contributed by atoms with Crippen molar-refractivity contribution in [2.24, 2.45) is 5.92 Å². The number of allylic oxidation sites excluding steroid dienone is 1. The zero-order valence-corrected chi connectivity index (χ0v) is 14.1. The summed E-state index contributed by atoms with van der Waals surface area (Å²) < 4.78 is 5.25. The molecule has 2 aromatic rings. The van der Waals surface area contributed by atoms with Crippen molar-refractivity contribution in [1.29, 1.82) is 0 Å². The van der Waals surface area contributed by atoms with E-state index in [1.165, 1.54) is 0 Å². The Kier molecular flexibility index (Phi) is 3.92. The van der Waals surface area contributed by atoms with Gasteiger partial charge in [0.25, 0.3) is 5.70 Å². The molecule has 1 unspecified atom stereocenters. The largest absolute Gasteiger partial charge is 0.497 e. The highest BCUT2D eigenvalue weighted by molar-refractivity contribution is 5.60. The van der Waals surface area contributed by atoms with E-state index in [0.717, 1.165) is 35.5 Å². The van der Waals surface area contributed by atoms with E-state index in [1.54, 1.807) is 7.11 Å². The van der Waals surface area contributed by atoms with Crippen molar-refractivity contribution in [3.63, 3.8) is 0 Å². The van der Waals surface area contributed by atoms with Gasteiger partial charge in [-0.05, 0) is 42.7 Å². The molecule has 1 fully saturated rings. The minimum Gasteiger partial charge on any atom is -0.497 e. The molecular formula is C20H20N2O3. The molecule has 0 amide bonds. The second-order valence-corrected chi connectivity index (χ2v) is 6.56. The third kappa shape index (κ3) is 2.86. The fourth-order valence-electron chi connectivity index (χ4n) is 3.65. The van der Waals surface area contributed by atoms with Crippen LogP contribution in [0.15, 0.2) is 66.0 Å². The van der Waals surface area contributed by atoms with Crippen molar-refractivity contribution in [1.82, 2.24) is 0 Å². The Morgan fingerprint density at radius 3 is 2.32 bits per heavy atom. The van der Waals surface area contributed by atoms with Crippen molar-refractivity contribution < 1.29 is 9.66 Å². The fraction of sp³-hybridized carbons (Fsp3) is 0.300. The number of methoxy groups -OCH3 is 1. The Hall–Kier alpha value is -2.82. The maximum Gasteiger partial charge on any atom is 0.268 e. The van der Waals surface area contributed by atoms with Gasteiger partial charge in [-0.25, -0.2) is 0 Å². The van der Waals surface area contributed by atoms with Crippen LogP contribution in [0.3, 0.4) is 0 Å². The standard InChI is InChI=1S/C20H20N2O3/c1-25-17-11-9-16(10-12-17)21-18(14-5-3-2-4-6-14)13-19(22(23)24)20(21)15-7-8-15/h2-6,9-12,15,18H,7-8,13H2,1H3. The molecular weight excluding hydrogens is 316 g/mol. The Morgan fingerprint density at radius 2 is 1.76 bits per heavy atom. The maximum absolute atomic E-state index is 11.7. The predicted molar refractivity (Wildman–Crippen MR) is 96.0 cm³/mol. The number of rotatable bonds is 5. The predicted octanol–water partition coefficient (Wildman–Crippen LogP) is 4.54. The molecule has 4 rings (SSSR count). The molecule has 25 heavy (non-hydrogen) atoms. The number of hydrogen-bond acceptors (Lipinski definition) is 4. The normalized spacial score (nSPS) is 20.0. The molecule has 2 aromatic carbocycles. The second kappa shape index (κ2) is 6.24. The van der Waals surface area contributed by atoms with Crippen molar-refractivity contribution in [2.45, 2.75) is 25.3 Å². The smallest absolute Gasteiger partial charge is 0.268 e. The minimum atomic E-state index is -0.187. The molecule has 0 saturated heterocycles. The first-order valence-electron chi connectivity index (χ1n) is 8.54. The van der Waals surface area contributed by atoms with Gasteiger partial charge in [-0.2, -0.15) is 0 Å². The molecule has 1 atom stereocenters. The number of ether oxygens (including phenoxy) is 1. The molecule has 0 bridgehead atoms. The van der Waals surface area contributed by atoms with Gasteiger partial charge >= 0.3 is 0 Å². The quantitative estimate of drug-likeness (QED) is 0.594. The summed E-state index contributed by atoms with van der Waals surface area (Å²) in [5.41, 5.74) is 3.35. The molecule has 5 heteroatoms. The highest BCUT2D eigenvalue weighted by Gasteiger charge is 2.46. The Morgan fingerprint density at radius 1 is 1.08 bits per heavy atom. The summed E-state index contributed by atoms with van der Waals surface area (Å²) >= 11 is 0. The van der Waals surface area contributed by atoms with Crippen molar-refractivity contribution in [3.05, 3.63) is 81.7 Å². The molecule has 1 heterocycles. The average Bonchev–Trinajstić information content (AvgIpc) is 3.41. The van der Waals surface area contributed by atoms with E-state index in [9.17, 15) is 10.1 Å². The van der Waals surface area contributed by atoms with Crippen molar-refractivity contribution in [3.8, 4) is 5.75 Å². The number of nitrogens with zero attached hydrogens (tertiary/aromatic N) is 2. The van der Waals surface area contributed by atoms with Crippen LogP contribution in [0.5, 0.6) is 5.75 Å². The van der Waals surface area contributed by atoms with Gasteiger partial charge < -0.3 is 9.64 Å². The zero-order valence-electron chi connectivity index (χ0n) is 14.1. The Labute approximate surface area is 146 Å². The molecule has 1 aliphatic heterocycles. The summed E-state index contributed by atoms with van der Waals surface area (Å²) in [6.07, 6.45) is 2.50. The van der Waals surface area contributed by atoms with E-state index in [1.807, 2.05) is 42.5 Å². The van der Waals surface area contributed by atoms with Crippen LogP contribution in [0.25, 0.3) is 0 Å². The number of nitro groups is 1. The first-order chi connectivity index (χ1) is 12.2. The van der Waals surface area contributed by atoms with Gasteiger partial charge in [0.15, 0.2) is 0 Å². The van der Waals surface area contributed by atoms with Gasteiger partial charge in [0, 0.05) is 11.6 Å². The Balaban J connectivity index is 1.81. The summed E-state index contributed by atoms with van der Waals surface area (Å²) in [6.45, 7) is 0. The SMILES string of the molecule is COc1ccc(N2C(C3CC3)=C([N+](=O)[O-])CC2c2ccccc2)cc1. The van der Waals surface area contributed by atoms with Gasteiger partial charge in [-0.3, -0.25) is 10.1 Å². The lowest BCUT2D eigenvalue weighted by atomic mass is 10.0. The topological polar surface area (TPSA) is 55.6 Å². The molecule has 0 radical (unpaired) electrons. The van der Waals surface area contributed by atoms with Crippen molar-refractivity contribution >= 4 is 5.69 Å². The van der Waals surface area contributed by atoms with Crippen LogP contribution < -0.4 is 9.64 Å². The molecule has 1 saturated carbocycles. The van der Waals surface area contributed by atoms with Crippen LogP contribution in [0.1, 0.15) is 30.9 Å². The lowest BCUT2D eigenvalue weighted by molar-refractivity contribution is -0.428. The second-order valence-electron chi connectivity index (χ2n) is 6.56. The van der Waals surface area contributed by atoms with Crippen LogP contribution in [0, 0.1) is 16.0 Å². The summed E-state index contributed by atoms with van der Waals surface area (Å²) in [5, 5.41) is 11.7. The van der Waals surface area contributed by atoms with Gasteiger partial charge in [0.05, 0.1) is 30.2 Å². The van der Waals surface area contributed by atoms with Gasteiger partial charge in [-0.1, -0.05) is 30.3 Å². The molecule has 0 spiro atoms. The van der Waals surface area contributed by atoms with Crippen LogP contribution in [0.2, 0.25) is 0 Å². The third-order valence-corrected chi connectivity index (χ3v) is 4.97. The molecule has 128 valence electrons. The summed E-state index contributed by atoms with van der Waals surface area (Å²) in [5.74, 6) is 1.09. The third-order valence-electron chi connectivity index (χ3n) is 4.97. The average molecular weight is 336 g/mol. The van der Waals surface area contributed by atoms with E-state index < -0.39 is 0 Å². The first kappa shape index (κ1) is 15.7. The fourth-order valence-corrected chi connectivity index (χ4v) is 3.65. The van der Waals surface area contributed by atoms with Crippen LogP contribution in [-0.2, 0) is 0 Å². The summed E-state index contributed by atoms with van der Waals surface area (Å²) in [6, 6.07) is 17.8. The summed E-state index contributed by atoms with van der Waals surface area (Å²) in [7, 11) is 1.64. The molecule has 1 aliphatic carbocycles. The first-order valence-corrected chi connectivity index (χ1v) is 8.54. The van der Waals surface area contributed by atoms with E-state index in [4.69, 9.17) is 4.74 Å². The van der Waals surface area contributed by atoms with Gasteiger partial charge in [-0.15, -0.1) is 0 Å². The van der Waals surface area contributed by atoms with Gasteiger partial charge in [0.1, 0.15) is 5.75 Å². The Bertz CT molecular complexity index is 811. The highest BCUT2D eigenvalue weighted by atomic mass is 16.6. The highest BCUT2D eigenvalue weighted by Crippen LogP contribution is 2.51. The minimum absolute atomic E-state index is 0.0365. The lowest BCUT2D eigenvalue weighted by Crippen LogP contribution is -2.24. The number of benzene rings is 2. The zero-order chi connectivity index (χ0) is 17.4. The van der Waals surface area contributed by atoms with Crippen LogP contribution >= 0.6 is 0 Å². The number of anilines is 1. The molecule has 0 N–H and O–H groups in total. The molecule has 5 nitrogen and oxygen atoms in total. The van der Waals surface area contributed by atoms with Crippen LogP contribution in [-0.4, -0.2) is 12.0 Å². The van der Waals surface area contributed by atoms with E-state index >= 15 is 0 Å². The molecule has 0 aromatic heterocycles. The van der Waals surface area contributed by atoms with Crippen LogP contribution in [0.4, 0.5) is 5.69 Å². The van der Waals surface area contributed by atoms with E-state index in [0.29, 0.717) is 18.0 Å². The van der Waals surface area contributed by atoms with E-state index in [2.05, 4.69) is 17.0 Å². The van der Waals surface area contributed by atoms with Gasteiger partial charge in [0.2, 0.25) is 0 Å². The molecule has 2 aliphatic rings.